The maximum Gasteiger partial charge on any atom is 0.263 e. The molecule has 3 heterocycles. The molecule has 0 radical (unpaired) electrons. The predicted octanol–water partition coefficient (Wildman–Crippen LogP) is 5.37. The van der Waals surface area contributed by atoms with E-state index in [-0.39, 0.29) is 11.5 Å². The lowest BCUT2D eigenvalue weighted by Gasteiger charge is -2.15. The van der Waals surface area contributed by atoms with Gasteiger partial charge in [0.1, 0.15) is 5.75 Å². The van der Waals surface area contributed by atoms with Crippen LogP contribution in [0.4, 0.5) is 0 Å². The van der Waals surface area contributed by atoms with Crippen molar-refractivity contribution >= 4 is 55.6 Å². The van der Waals surface area contributed by atoms with Crippen molar-refractivity contribution in [3.63, 3.8) is 0 Å². The number of halogens is 1. The highest BCUT2D eigenvalue weighted by Gasteiger charge is 2.19. The number of hydrogen-bond donors (Lipinski definition) is 1. The third kappa shape index (κ3) is 3.71. The van der Waals surface area contributed by atoms with Gasteiger partial charge in [-0.25, -0.2) is 0 Å². The van der Waals surface area contributed by atoms with Crippen LogP contribution in [0.3, 0.4) is 0 Å². The van der Waals surface area contributed by atoms with Crippen LogP contribution in [0.2, 0.25) is 5.02 Å². The van der Waals surface area contributed by atoms with Crippen molar-refractivity contribution < 1.29 is 9.53 Å². The Balaban J connectivity index is 1.29. The molecule has 3 aromatic heterocycles. The molecular weight excluding hydrogens is 474 g/mol. The molecule has 0 bridgehead atoms. The van der Waals surface area contributed by atoms with Gasteiger partial charge in [0.2, 0.25) is 0 Å². The van der Waals surface area contributed by atoms with Crippen molar-refractivity contribution in [3.8, 4) is 5.75 Å². The molecule has 1 N–H and O–H groups in total. The van der Waals surface area contributed by atoms with E-state index < -0.39 is 6.10 Å². The lowest BCUT2D eigenvalue weighted by atomic mass is 10.1. The van der Waals surface area contributed by atoms with Crippen LogP contribution in [0.5, 0.6) is 5.75 Å². The Morgan fingerprint density at radius 2 is 1.78 bits per heavy atom. The zero-order valence-corrected chi connectivity index (χ0v) is 20.3. The SMILES string of the molecule is CC(Oc1ccc2c(c1)c1ccnc3c4ccccc4c(=O)n2c13)C(=O)NCCc1ccc(Cl)cc1. The number of carbonyl (C=O) groups is 1. The molecule has 6 nitrogen and oxygen atoms in total. The van der Waals surface area contributed by atoms with E-state index >= 15 is 0 Å². The summed E-state index contributed by atoms with van der Waals surface area (Å²) < 4.78 is 7.72. The Kier molecular flexibility index (Phi) is 5.46. The highest BCUT2D eigenvalue weighted by atomic mass is 35.5. The summed E-state index contributed by atoms with van der Waals surface area (Å²) in [7, 11) is 0. The third-order valence-electron chi connectivity index (χ3n) is 6.57. The van der Waals surface area contributed by atoms with Gasteiger partial charge in [0, 0.05) is 39.3 Å². The molecule has 0 aliphatic carbocycles. The summed E-state index contributed by atoms with van der Waals surface area (Å²) in [4.78, 5) is 30.6. The molecule has 7 heteroatoms. The molecule has 0 saturated carbocycles. The van der Waals surface area contributed by atoms with E-state index in [1.807, 2.05) is 66.7 Å². The van der Waals surface area contributed by atoms with Crippen molar-refractivity contribution in [1.29, 1.82) is 0 Å². The quantitative estimate of drug-likeness (QED) is 0.315. The van der Waals surface area contributed by atoms with Crippen molar-refractivity contribution in [1.82, 2.24) is 14.7 Å². The maximum atomic E-state index is 13.4. The average Bonchev–Trinajstić information content (AvgIpc) is 3.23. The molecule has 36 heavy (non-hydrogen) atoms. The first-order chi connectivity index (χ1) is 17.5. The fraction of sp³-hybridized carbons (Fsp3) is 0.138. The van der Waals surface area contributed by atoms with Crippen LogP contribution < -0.4 is 15.6 Å². The normalized spacial score (nSPS) is 12.5. The van der Waals surface area contributed by atoms with E-state index in [0.717, 1.165) is 38.3 Å². The highest BCUT2D eigenvalue weighted by molar-refractivity contribution is 6.30. The minimum Gasteiger partial charge on any atom is -0.481 e. The van der Waals surface area contributed by atoms with Crippen molar-refractivity contribution in [3.05, 3.63) is 99.9 Å². The summed E-state index contributed by atoms with van der Waals surface area (Å²) in [5.74, 6) is 0.367. The second-order valence-electron chi connectivity index (χ2n) is 8.85. The Hall–Kier alpha value is -4.16. The number of carbonyl (C=O) groups excluding carboxylic acids is 1. The van der Waals surface area contributed by atoms with Gasteiger partial charge >= 0.3 is 0 Å². The molecule has 6 rings (SSSR count). The lowest BCUT2D eigenvalue weighted by molar-refractivity contribution is -0.127. The van der Waals surface area contributed by atoms with Gasteiger partial charge in [0.15, 0.2) is 6.10 Å². The molecule has 0 aliphatic rings. The zero-order valence-electron chi connectivity index (χ0n) is 19.5. The van der Waals surface area contributed by atoms with Crippen LogP contribution in [0.1, 0.15) is 12.5 Å². The van der Waals surface area contributed by atoms with Crippen LogP contribution in [0.25, 0.3) is 38.1 Å². The van der Waals surface area contributed by atoms with E-state index in [0.29, 0.717) is 29.1 Å². The predicted molar refractivity (Wildman–Crippen MR) is 143 cm³/mol. The van der Waals surface area contributed by atoms with Crippen molar-refractivity contribution in [2.45, 2.75) is 19.4 Å². The summed E-state index contributed by atoms with van der Waals surface area (Å²) in [6.45, 7) is 2.22. The van der Waals surface area contributed by atoms with Crippen LogP contribution >= 0.6 is 11.6 Å². The standard InChI is InChI=1S/C29H22ClN3O3/c1-17(28(34)32-14-12-18-6-8-19(30)9-7-18)36-20-10-11-25-24(16-20)22-13-15-31-26-21-4-2-3-5-23(21)29(35)33(25)27(22)26/h2-11,13,15-17H,12,14H2,1H3,(H,32,34). The summed E-state index contributed by atoms with van der Waals surface area (Å²) >= 11 is 5.92. The number of ether oxygens (including phenoxy) is 1. The minimum absolute atomic E-state index is 0.0757. The molecule has 0 aliphatic heterocycles. The average molecular weight is 496 g/mol. The largest absolute Gasteiger partial charge is 0.481 e. The number of fused-ring (bicyclic) bond motifs is 5. The number of benzene rings is 3. The van der Waals surface area contributed by atoms with Crippen LogP contribution in [0, 0.1) is 0 Å². The first-order valence-electron chi connectivity index (χ1n) is 11.8. The number of nitrogens with zero attached hydrogens (tertiary/aromatic N) is 2. The fourth-order valence-electron chi connectivity index (χ4n) is 4.80. The van der Waals surface area contributed by atoms with Gasteiger partial charge < -0.3 is 10.1 Å². The second kappa shape index (κ2) is 8.81. The summed E-state index contributed by atoms with van der Waals surface area (Å²) in [6.07, 6.45) is 1.78. The summed E-state index contributed by atoms with van der Waals surface area (Å²) in [5.41, 5.74) is 3.38. The first-order valence-corrected chi connectivity index (χ1v) is 12.1. The number of aromatic nitrogens is 2. The summed E-state index contributed by atoms with van der Waals surface area (Å²) in [6, 6.07) is 22.6. The number of rotatable bonds is 6. The molecule has 1 unspecified atom stereocenters. The van der Waals surface area contributed by atoms with Gasteiger partial charge in [0.05, 0.1) is 16.6 Å². The highest BCUT2D eigenvalue weighted by Crippen LogP contribution is 2.34. The molecule has 0 fully saturated rings. The molecule has 6 aromatic rings. The number of amides is 1. The van der Waals surface area contributed by atoms with E-state index in [2.05, 4.69) is 10.3 Å². The zero-order chi connectivity index (χ0) is 24.8. The molecular formula is C29H22ClN3O3. The Bertz CT molecular complexity index is 1810. The minimum atomic E-state index is -0.681. The van der Waals surface area contributed by atoms with Gasteiger partial charge in [-0.3, -0.25) is 19.0 Å². The van der Waals surface area contributed by atoms with Gasteiger partial charge in [-0.2, -0.15) is 0 Å². The van der Waals surface area contributed by atoms with Gasteiger partial charge in [-0.15, -0.1) is 0 Å². The van der Waals surface area contributed by atoms with Crippen molar-refractivity contribution in [2.24, 2.45) is 0 Å². The third-order valence-corrected chi connectivity index (χ3v) is 6.82. The van der Waals surface area contributed by atoms with E-state index in [1.54, 1.807) is 23.6 Å². The first kappa shape index (κ1) is 22.3. The molecule has 0 saturated heterocycles. The van der Waals surface area contributed by atoms with Crippen molar-refractivity contribution in [2.75, 3.05) is 6.54 Å². The topological polar surface area (TPSA) is 72.7 Å². The van der Waals surface area contributed by atoms with Gasteiger partial charge in [-0.05, 0) is 61.4 Å². The number of pyridine rings is 2. The van der Waals surface area contributed by atoms with Crippen LogP contribution in [-0.2, 0) is 11.2 Å². The van der Waals surface area contributed by atoms with Crippen LogP contribution in [-0.4, -0.2) is 27.9 Å². The summed E-state index contributed by atoms with van der Waals surface area (Å²) in [5, 5.41) is 6.88. The van der Waals surface area contributed by atoms with Gasteiger partial charge in [0.25, 0.3) is 11.5 Å². The maximum absolute atomic E-state index is 13.4. The molecule has 178 valence electrons. The number of nitrogens with one attached hydrogen (secondary N) is 1. The van der Waals surface area contributed by atoms with E-state index in [4.69, 9.17) is 16.3 Å². The Morgan fingerprint density at radius 1 is 1.00 bits per heavy atom. The smallest absolute Gasteiger partial charge is 0.263 e. The van der Waals surface area contributed by atoms with Gasteiger partial charge in [-0.1, -0.05) is 41.9 Å². The second-order valence-corrected chi connectivity index (χ2v) is 9.28. The molecule has 3 aromatic carbocycles. The molecule has 1 amide bonds. The monoisotopic (exact) mass is 495 g/mol. The fourth-order valence-corrected chi connectivity index (χ4v) is 4.93. The van der Waals surface area contributed by atoms with E-state index in [9.17, 15) is 9.59 Å². The van der Waals surface area contributed by atoms with E-state index in [1.165, 1.54) is 0 Å². The van der Waals surface area contributed by atoms with Crippen LogP contribution in [0.15, 0.2) is 83.8 Å². The Labute approximate surface area is 211 Å². The lowest BCUT2D eigenvalue weighted by Crippen LogP contribution is -2.37. The molecule has 0 spiro atoms. The number of hydrogen-bond acceptors (Lipinski definition) is 4. The Morgan fingerprint density at radius 3 is 2.58 bits per heavy atom. The molecule has 1 atom stereocenters.